The second-order valence-corrected chi connectivity index (χ2v) is 6.50. The average Bonchev–Trinajstić information content (AvgIpc) is 2.16. The second-order valence-electron chi connectivity index (χ2n) is 2.17. The molecule has 0 unspecified atom stereocenters. The molecule has 0 aromatic heterocycles. The van der Waals surface area contributed by atoms with Gasteiger partial charge in [0.05, 0.1) is 0 Å². The molecule has 0 rings (SSSR count). The summed E-state index contributed by atoms with van der Waals surface area (Å²) < 4.78 is 28.1. The van der Waals surface area contributed by atoms with Crippen molar-refractivity contribution in [2.75, 3.05) is 0 Å². The molecule has 0 amide bonds. The van der Waals surface area contributed by atoms with E-state index in [1.54, 1.807) is 0 Å². The molecule has 0 aliphatic heterocycles. The molecule has 0 aromatic carbocycles. The fourth-order valence-electron chi connectivity index (χ4n) is 0. The van der Waals surface area contributed by atoms with Gasteiger partial charge in [-0.15, -0.1) is 0 Å². The zero-order chi connectivity index (χ0) is 15.6. The van der Waals surface area contributed by atoms with Gasteiger partial charge in [-0.2, -0.15) is 0 Å². The van der Waals surface area contributed by atoms with Gasteiger partial charge in [-0.25, -0.2) is 0 Å². The van der Waals surface area contributed by atoms with Gasteiger partial charge in [-0.05, 0) is 22.8 Å². The van der Waals surface area contributed by atoms with Gasteiger partial charge >= 0.3 is 34.7 Å². The van der Waals surface area contributed by atoms with E-state index >= 15 is 0 Å². The maximum Gasteiger partial charge on any atom is 3.00 e. The summed E-state index contributed by atoms with van der Waals surface area (Å²) >= 11 is 0. The molecular weight excluding hydrogens is 363 g/mol. The van der Waals surface area contributed by atoms with Gasteiger partial charge in [0.15, 0.2) is 0 Å². The second kappa shape index (κ2) is 14.7. The topological polar surface area (TPSA) is 190 Å². The number of rotatable bonds is 3. The summed E-state index contributed by atoms with van der Waals surface area (Å²) in [4.78, 5) is 56.1. The zero-order valence-corrected chi connectivity index (χ0v) is 15.0. The van der Waals surface area contributed by atoms with Crippen LogP contribution in [-0.2, 0) is 13.7 Å². The third-order valence-corrected chi connectivity index (χ3v) is 2.01. The minimum absolute atomic E-state index is 0. The molecule has 14 heteroatoms. The molecule has 0 fully saturated rings. The van der Waals surface area contributed by atoms with Crippen molar-refractivity contribution in [2.45, 2.75) is 0 Å². The van der Waals surface area contributed by atoms with Crippen molar-refractivity contribution < 1.29 is 43.1 Å². The van der Waals surface area contributed by atoms with E-state index in [0.717, 1.165) is 0 Å². The minimum Gasteiger partial charge on any atom is -0.808 e. The molecular formula is C6H9Al2O9P3. The van der Waals surface area contributed by atoms with Crippen molar-refractivity contribution in [1.82, 2.24) is 0 Å². The van der Waals surface area contributed by atoms with E-state index < -0.39 is 22.8 Å². The van der Waals surface area contributed by atoms with Crippen LogP contribution in [0, 0.1) is 0 Å². The van der Waals surface area contributed by atoms with Gasteiger partial charge in [0.25, 0.3) is 0 Å². The molecule has 0 atom stereocenters. The van der Waals surface area contributed by atoms with Gasteiger partial charge in [0, 0.05) is 0 Å². The molecule has 0 N–H and O–H groups in total. The van der Waals surface area contributed by atoms with Gasteiger partial charge in [-0.3, -0.25) is 0 Å². The van der Waals surface area contributed by atoms with Crippen molar-refractivity contribution in [3.05, 3.63) is 37.2 Å². The minimum atomic E-state index is -4.38. The molecule has 108 valence electrons. The van der Waals surface area contributed by atoms with E-state index in [0.29, 0.717) is 17.5 Å². The Morgan fingerprint density at radius 3 is 0.600 bits per heavy atom. The van der Waals surface area contributed by atoms with Crippen LogP contribution in [0.5, 0.6) is 0 Å². The van der Waals surface area contributed by atoms with E-state index in [1.807, 2.05) is 0 Å². The van der Waals surface area contributed by atoms with E-state index in [2.05, 4.69) is 19.7 Å². The van der Waals surface area contributed by atoms with Gasteiger partial charge in [-0.1, -0.05) is 37.2 Å². The first-order chi connectivity index (χ1) is 7.68. The summed E-state index contributed by atoms with van der Waals surface area (Å²) in [5, 5.41) is 0. The molecule has 0 aromatic rings. The van der Waals surface area contributed by atoms with Crippen LogP contribution in [0.25, 0.3) is 0 Å². The molecule has 0 aliphatic carbocycles. The van der Waals surface area contributed by atoms with E-state index in [1.165, 1.54) is 0 Å². The Balaban J connectivity index is -0.0000000536. The molecule has 0 saturated carbocycles. The summed E-state index contributed by atoms with van der Waals surface area (Å²) in [5.41, 5.74) is 0. The normalized spacial score (nSPS) is 9.90. The Labute approximate surface area is 137 Å². The Bertz CT molecular complexity index is 344. The average molecular weight is 372 g/mol. The smallest absolute Gasteiger partial charge is 0.808 e. The summed E-state index contributed by atoms with van der Waals surface area (Å²) in [6.45, 7) is 8.23. The fourth-order valence-corrected chi connectivity index (χ4v) is 0. The summed E-state index contributed by atoms with van der Waals surface area (Å²) in [7, 11) is -13.1. The van der Waals surface area contributed by atoms with Crippen LogP contribution >= 0.6 is 22.8 Å². The summed E-state index contributed by atoms with van der Waals surface area (Å²) in [5.74, 6) is 1.15. The Kier molecular flexibility index (Phi) is 23.9. The number of hydrogen-bond acceptors (Lipinski definition) is 9. The Morgan fingerprint density at radius 1 is 0.550 bits per heavy atom. The number of hydrogen-bond donors (Lipinski definition) is 0. The molecule has 0 heterocycles. The quantitative estimate of drug-likeness (QED) is 0.355. The van der Waals surface area contributed by atoms with Crippen LogP contribution in [0.2, 0.25) is 0 Å². The van der Waals surface area contributed by atoms with Crippen molar-refractivity contribution in [1.29, 1.82) is 0 Å². The zero-order valence-electron chi connectivity index (χ0n) is 10.0. The van der Waals surface area contributed by atoms with Gasteiger partial charge < -0.3 is 43.1 Å². The van der Waals surface area contributed by atoms with Crippen molar-refractivity contribution in [2.24, 2.45) is 0 Å². The third-order valence-electron chi connectivity index (χ3n) is 0.671. The molecule has 0 saturated heterocycles. The Hall–Kier alpha value is 0.735. The maximum atomic E-state index is 9.35. The molecule has 0 radical (unpaired) electrons. The standard InChI is InChI=1S/3C2H5O3P.2Al/c3*1-2-6(3,4)5;;/h3*2H,1H2,(H2,3,4,5);;/q;;;2*+3/p-6. The molecule has 0 spiro atoms. The predicted octanol–water partition coefficient (Wildman–Crippen LogP) is -3.63. The third kappa shape index (κ3) is 62.2. The molecule has 20 heavy (non-hydrogen) atoms. The summed E-state index contributed by atoms with van der Waals surface area (Å²) in [6.07, 6.45) is 0. The maximum absolute atomic E-state index is 9.35. The first-order valence-corrected chi connectivity index (χ1v) is 8.48. The molecule has 0 aliphatic rings. The van der Waals surface area contributed by atoms with E-state index in [-0.39, 0.29) is 34.7 Å². The van der Waals surface area contributed by atoms with Crippen molar-refractivity contribution >= 4 is 57.5 Å². The monoisotopic (exact) mass is 372 g/mol. The van der Waals surface area contributed by atoms with Crippen LogP contribution in [0.15, 0.2) is 37.2 Å². The molecule has 0 bridgehead atoms. The van der Waals surface area contributed by atoms with Gasteiger partial charge in [0.1, 0.15) is 0 Å². The first-order valence-electron chi connectivity index (χ1n) is 3.64. The van der Waals surface area contributed by atoms with Crippen LogP contribution in [0.3, 0.4) is 0 Å². The van der Waals surface area contributed by atoms with Crippen LogP contribution < -0.4 is 29.4 Å². The largest absolute Gasteiger partial charge is 3.00 e. The Morgan fingerprint density at radius 2 is 0.600 bits per heavy atom. The van der Waals surface area contributed by atoms with Gasteiger partial charge in [0.2, 0.25) is 0 Å². The van der Waals surface area contributed by atoms with Crippen molar-refractivity contribution in [3.8, 4) is 0 Å². The van der Waals surface area contributed by atoms with Crippen molar-refractivity contribution in [3.63, 3.8) is 0 Å². The van der Waals surface area contributed by atoms with Crippen LogP contribution in [-0.4, -0.2) is 34.7 Å². The van der Waals surface area contributed by atoms with Crippen LogP contribution in [0.1, 0.15) is 0 Å². The SMILES string of the molecule is C=CP(=O)([O-])[O-].C=CP(=O)([O-])[O-].C=CP(=O)([O-])[O-].[Al+3].[Al+3]. The van der Waals surface area contributed by atoms with E-state index in [4.69, 9.17) is 0 Å². The molecule has 9 nitrogen and oxygen atoms in total. The summed E-state index contributed by atoms with van der Waals surface area (Å²) in [6, 6.07) is 0. The first kappa shape index (κ1) is 32.6. The van der Waals surface area contributed by atoms with Crippen LogP contribution in [0.4, 0.5) is 0 Å². The van der Waals surface area contributed by atoms with E-state index in [9.17, 15) is 43.1 Å². The predicted molar refractivity (Wildman–Crippen MR) is 64.9 cm³/mol. The fraction of sp³-hybridized carbons (Fsp3) is 0.